The average Bonchev–Trinajstić information content (AvgIpc) is 1.67. The Bertz CT molecular complexity index is 4240. The number of ether oxygens (including phenoxy) is 9. The minimum Gasteiger partial charge on any atom is -0.492 e. The zero-order valence-corrected chi connectivity index (χ0v) is 75.1. The molecule has 756 valence electrons. The van der Waals surface area contributed by atoms with Crippen molar-refractivity contribution in [2.24, 2.45) is 0 Å². The molecule has 9 amide bonds. The molecule has 11 unspecified atom stereocenters. The van der Waals surface area contributed by atoms with Crippen LogP contribution in [0.5, 0.6) is 5.75 Å². The van der Waals surface area contributed by atoms with Crippen molar-refractivity contribution in [1.82, 2.24) is 58.5 Å². The Kier molecular flexibility index (Phi) is 44.8. The van der Waals surface area contributed by atoms with E-state index in [-0.39, 0.29) is 89.4 Å². The lowest BCUT2D eigenvalue weighted by Gasteiger charge is -2.39. The average molecular weight is 1940 g/mol. The molecule has 0 aliphatic carbocycles. The molecule has 0 spiro atoms. The Hall–Kier alpha value is -8.86. The number of hydrogen-bond acceptors (Lipinski definition) is 40. The molecule has 9 rings (SSSR count). The van der Waals surface area contributed by atoms with Gasteiger partial charge in [0.15, 0.2) is 25.2 Å². The Balaban J connectivity index is 0.876. The first kappa shape index (κ1) is 110. The number of benzene rings is 3. The van der Waals surface area contributed by atoms with Gasteiger partial charge in [0, 0.05) is 101 Å². The molecule has 27 N–H and O–H groups in total. The maximum Gasteiger partial charge on any atom is 0.471 e. The number of fused-ring (bicyclic) bond motifs is 4. The van der Waals surface area contributed by atoms with Crippen LogP contribution in [0.25, 0.3) is 11.4 Å². The van der Waals surface area contributed by atoms with E-state index in [0.717, 1.165) is 59.8 Å². The molecule has 135 heavy (non-hydrogen) atoms. The van der Waals surface area contributed by atoms with E-state index in [1.165, 1.54) is 0 Å². The molecule has 6 aliphatic heterocycles. The van der Waals surface area contributed by atoms with E-state index in [2.05, 4.69) is 58.0 Å². The van der Waals surface area contributed by atoms with Crippen molar-refractivity contribution in [3.05, 3.63) is 94.5 Å². The van der Waals surface area contributed by atoms with Gasteiger partial charge in [0.1, 0.15) is 122 Å². The number of carbonyl (C=O) groups is 9. The van der Waals surface area contributed by atoms with Gasteiger partial charge in [-0.05, 0) is 68.4 Å². The Labute approximate surface area is 775 Å². The standard InChI is InChI=1S/C84H127N12O38P/c1-124-135(122,123)130-31-12-3-2-10-24-85-61(104)22-23-62(105)95-40-45-13-6-7-14-49(45)63-64(50-15-8-9-16-53(50)95)96(94-93-63)30-11-4-5-17-58(101)86-25-32-125-48-38-46(77(118)91-51(79(120)89-28-35-128-83-75(116)71(112)67(108)56(43-99)133-83)18-20-59(102)87-26-33-126-81-73(114)69(110)65(106)54(41-97)131-81)37-47(39-48)78(119)92-52(80(121)90-29-36-129-84-76(117)72(113)68(109)57(44-100)134-84)19-21-60(103)88-27-34-127-82-74(115)70(111)66(107)55(42-98)132-82/h6-9,13-16,37-39,51-52,54-57,65-76,81-84,93-94,97-100,106-117H,2-5,10-12,17-36,40-44H2,1H3,(H,85,104)(H,86,101)(H,87,102)(H,88,103)(H,89,120)(H,90,121)(H,91,118)(H,92,119)(H,122,123)/t51?,52?,54?,55?,56?,57?,65-,66-,67-,68-,69+,70+,71+,72+,73?,74?,75?,76?,81-,82+,83+,84+/m1/s1. The fraction of sp³-hybridized carbons (Fsp3) is 0.655. The summed E-state index contributed by atoms with van der Waals surface area (Å²) in [6.07, 6.45) is -31.1. The predicted octanol–water partition coefficient (Wildman–Crippen LogP) is -8.85. The number of phosphoric acid groups is 1. The van der Waals surface area contributed by atoms with Gasteiger partial charge in [-0.25, -0.2) is 4.57 Å². The normalized spacial score (nSPS) is 26.9. The molecular formula is C84H127N12O38P. The summed E-state index contributed by atoms with van der Waals surface area (Å²) in [7, 11) is -2.98. The highest BCUT2D eigenvalue weighted by molar-refractivity contribution is 7.47. The number of carbonyl (C=O) groups excluding carboxylic acids is 9. The van der Waals surface area contributed by atoms with Gasteiger partial charge in [0.05, 0.1) is 89.6 Å². The molecule has 3 aromatic rings. The first-order valence-corrected chi connectivity index (χ1v) is 46.0. The molecule has 4 fully saturated rings. The van der Waals surface area contributed by atoms with Crippen molar-refractivity contribution in [1.29, 1.82) is 0 Å². The highest BCUT2D eigenvalue weighted by atomic mass is 31.2. The quantitative estimate of drug-likeness (QED) is 0.0184. The summed E-state index contributed by atoms with van der Waals surface area (Å²) in [6, 6.07) is 15.0. The van der Waals surface area contributed by atoms with Crippen molar-refractivity contribution < 1.29 is 186 Å². The maximum absolute atomic E-state index is 14.8. The van der Waals surface area contributed by atoms with E-state index >= 15 is 0 Å². The van der Waals surface area contributed by atoms with Crippen LogP contribution in [0.1, 0.15) is 127 Å². The number of amides is 9. The lowest BCUT2D eigenvalue weighted by atomic mass is 9.95. The van der Waals surface area contributed by atoms with E-state index in [1.807, 2.05) is 53.5 Å². The second kappa shape index (κ2) is 55.1. The zero-order chi connectivity index (χ0) is 98.0. The molecular weight excluding hydrogens is 1820 g/mol. The van der Waals surface area contributed by atoms with E-state index in [0.29, 0.717) is 57.3 Å². The molecule has 0 saturated carbocycles. The summed E-state index contributed by atoms with van der Waals surface area (Å²) in [5.74, 6) is -6.91. The van der Waals surface area contributed by atoms with E-state index in [1.54, 1.807) is 4.90 Å². The van der Waals surface area contributed by atoms with Gasteiger partial charge < -0.3 is 182 Å². The van der Waals surface area contributed by atoms with Gasteiger partial charge in [0.2, 0.25) is 41.4 Å². The molecule has 6 aliphatic rings. The van der Waals surface area contributed by atoms with Crippen LogP contribution in [-0.2, 0) is 91.6 Å². The number of aliphatic hydroxyl groups excluding tert-OH is 16. The van der Waals surface area contributed by atoms with Crippen molar-refractivity contribution in [2.75, 3.05) is 124 Å². The summed E-state index contributed by atoms with van der Waals surface area (Å²) in [6.45, 7) is -5.71. The van der Waals surface area contributed by atoms with E-state index in [4.69, 9.17) is 47.2 Å². The van der Waals surface area contributed by atoms with Crippen LogP contribution in [0.15, 0.2) is 66.7 Å². The van der Waals surface area contributed by atoms with Gasteiger partial charge in [-0.15, -0.1) is 5.53 Å². The number of aliphatic hydroxyl groups is 16. The second-order valence-electron chi connectivity index (χ2n) is 32.5. The van der Waals surface area contributed by atoms with Gasteiger partial charge in [-0.3, -0.25) is 57.2 Å². The number of hydrazine groups is 2. The van der Waals surface area contributed by atoms with Gasteiger partial charge >= 0.3 is 7.82 Å². The molecule has 0 bridgehead atoms. The predicted molar refractivity (Wildman–Crippen MR) is 463 cm³/mol. The lowest BCUT2D eigenvalue weighted by molar-refractivity contribution is -0.300. The third kappa shape index (κ3) is 32.1. The Morgan fingerprint density at radius 3 is 1.32 bits per heavy atom. The van der Waals surface area contributed by atoms with E-state index in [9.17, 15) is 134 Å². The molecule has 0 aromatic heterocycles. The molecule has 3 aromatic carbocycles. The number of phosphoric ester groups is 1. The summed E-state index contributed by atoms with van der Waals surface area (Å²) < 4.78 is 70.4. The lowest BCUT2D eigenvalue weighted by Crippen LogP contribution is -2.59. The molecule has 50 nitrogen and oxygen atoms in total. The zero-order valence-electron chi connectivity index (χ0n) is 74.2. The second-order valence-corrected chi connectivity index (χ2v) is 34.0. The fourth-order valence-corrected chi connectivity index (χ4v) is 15.6. The summed E-state index contributed by atoms with van der Waals surface area (Å²) in [5.41, 5.74) is 10.3. The number of hydrogen-bond donors (Lipinski definition) is 27. The third-order valence-corrected chi connectivity index (χ3v) is 23.7. The van der Waals surface area contributed by atoms with Crippen LogP contribution < -0.4 is 63.1 Å². The maximum atomic E-state index is 14.8. The number of nitrogens with zero attached hydrogens (tertiary/aromatic N) is 2. The van der Waals surface area contributed by atoms with Crippen LogP contribution in [0.4, 0.5) is 5.69 Å². The summed E-state index contributed by atoms with van der Waals surface area (Å²) >= 11 is 0. The molecule has 51 heteroatoms. The van der Waals surface area contributed by atoms with Gasteiger partial charge in [-0.1, -0.05) is 61.7 Å². The van der Waals surface area contributed by atoms with Gasteiger partial charge in [-0.2, -0.15) is 0 Å². The first-order chi connectivity index (χ1) is 64.7. The summed E-state index contributed by atoms with van der Waals surface area (Å²) in [4.78, 5) is 137. The minimum absolute atomic E-state index is 0.0392. The molecule has 23 atom stereocenters. The first-order valence-electron chi connectivity index (χ1n) is 44.5. The largest absolute Gasteiger partial charge is 0.492 e. The molecule has 6 heterocycles. The topological polar surface area (TPSA) is 743 Å². The van der Waals surface area contributed by atoms with Crippen molar-refractivity contribution in [2.45, 2.75) is 231 Å². The smallest absolute Gasteiger partial charge is 0.471 e. The van der Waals surface area contributed by atoms with Crippen LogP contribution in [0.3, 0.4) is 0 Å². The Morgan fingerprint density at radius 1 is 0.444 bits per heavy atom. The SMILES string of the molecule is COP(=O)(O)OCCCCCCNC(=O)CCC(=O)N1Cc2ccccc2C2=C(c3ccccc31)N(CCCCCC(=O)NCCOc1cc(C(=O)NC(CCC(=O)NCCO[C@@H]3OC(CO)[C@@H](O)[C@H](O)C3O)C(=O)NCCO[C@H]3OC(CO)[C@@H](O)[C@H](O)C3O)cc(C(=O)NC(CCC(=O)NCCO[C@H]3OC(CO)[C@@H](O)[C@H](O)C3O)C(=O)NCCO[C@H]3OC(CO)[C@@H](O)[C@H](O)C3O)c1)NN2. The van der Waals surface area contributed by atoms with Crippen LogP contribution >= 0.6 is 7.82 Å². The number of anilines is 1. The fourth-order valence-electron chi connectivity index (χ4n) is 15.2. The van der Waals surface area contributed by atoms with Crippen molar-refractivity contribution in [3.8, 4) is 5.75 Å². The van der Waals surface area contributed by atoms with Crippen molar-refractivity contribution in [3.63, 3.8) is 0 Å². The Morgan fingerprint density at radius 2 is 0.852 bits per heavy atom. The molecule has 4 saturated heterocycles. The minimum atomic E-state index is -4.06. The number of unbranched alkanes of at least 4 members (excludes halogenated alkanes) is 5. The van der Waals surface area contributed by atoms with Crippen LogP contribution in [0.2, 0.25) is 0 Å². The third-order valence-electron chi connectivity index (χ3n) is 22.8. The van der Waals surface area contributed by atoms with Crippen molar-refractivity contribution >= 4 is 78.1 Å². The number of nitrogens with one attached hydrogen (secondary N) is 10. The van der Waals surface area contributed by atoms with Crippen LogP contribution in [-0.4, -0.2) is 399 Å². The van der Waals surface area contributed by atoms with Gasteiger partial charge in [0.25, 0.3) is 11.8 Å². The number of para-hydroxylation sites is 1. The molecule has 0 radical (unpaired) electrons. The summed E-state index contributed by atoms with van der Waals surface area (Å²) in [5, 5.41) is 186. The van der Waals surface area contributed by atoms with E-state index < -0.39 is 274 Å². The highest BCUT2D eigenvalue weighted by Crippen LogP contribution is 2.43. The van der Waals surface area contributed by atoms with Crippen LogP contribution in [0, 0.1) is 0 Å². The number of rotatable bonds is 54. The highest BCUT2D eigenvalue weighted by Gasteiger charge is 2.48. The monoisotopic (exact) mass is 1940 g/mol.